The topological polar surface area (TPSA) is 78.8 Å². The van der Waals surface area contributed by atoms with Crippen molar-refractivity contribution in [1.29, 1.82) is 0 Å². The maximum atomic E-state index is 12.4. The molecule has 2 aromatic carbocycles. The number of ketones is 1. The lowest BCUT2D eigenvalue weighted by atomic mass is 9.77. The summed E-state index contributed by atoms with van der Waals surface area (Å²) in [6.45, 7) is 5.81. The number of carbonyl (C=O) groups excluding carboxylic acids is 2. The molecule has 0 unspecified atom stereocenters. The molecule has 0 atom stereocenters. The quantitative estimate of drug-likeness (QED) is 0.724. The zero-order valence-corrected chi connectivity index (χ0v) is 16.3. The van der Waals surface area contributed by atoms with Crippen LogP contribution in [-0.2, 0) is 4.79 Å². The minimum atomic E-state index is -0.227. The number of hydrogen-bond acceptors (Lipinski definition) is 4. The number of anilines is 1. The molecule has 0 spiro atoms. The second-order valence-corrected chi connectivity index (χ2v) is 7.88. The summed E-state index contributed by atoms with van der Waals surface area (Å²) < 4.78 is 0. The van der Waals surface area contributed by atoms with Crippen LogP contribution in [0.3, 0.4) is 0 Å². The SMILES string of the molecule is Cc1ccccc1C(=O)Nc1ccc(N=CC2=C(O)CC(C)(C)CC2=O)cc1. The van der Waals surface area contributed by atoms with Gasteiger partial charge in [-0.15, -0.1) is 0 Å². The van der Waals surface area contributed by atoms with Crippen molar-refractivity contribution < 1.29 is 14.7 Å². The van der Waals surface area contributed by atoms with E-state index in [1.165, 1.54) is 6.21 Å². The molecular weight excluding hydrogens is 352 g/mol. The molecule has 5 heteroatoms. The minimum absolute atomic E-state index is 0.0899. The molecule has 3 rings (SSSR count). The molecule has 0 saturated carbocycles. The Morgan fingerprint density at radius 2 is 1.79 bits per heavy atom. The summed E-state index contributed by atoms with van der Waals surface area (Å²) >= 11 is 0. The van der Waals surface area contributed by atoms with Crippen molar-refractivity contribution in [2.45, 2.75) is 33.6 Å². The van der Waals surface area contributed by atoms with Gasteiger partial charge in [-0.3, -0.25) is 14.6 Å². The van der Waals surface area contributed by atoms with E-state index in [1.807, 2.05) is 39.0 Å². The lowest BCUT2D eigenvalue weighted by Crippen LogP contribution is -2.26. The van der Waals surface area contributed by atoms with Crippen LogP contribution in [0.4, 0.5) is 11.4 Å². The number of Topliss-reactive ketones (excluding diaryl/α,β-unsaturated/α-hetero) is 1. The first-order valence-corrected chi connectivity index (χ1v) is 9.22. The molecule has 0 fully saturated rings. The van der Waals surface area contributed by atoms with Gasteiger partial charge in [0.15, 0.2) is 5.78 Å². The standard InChI is InChI=1S/C23H24N2O3/c1-15-6-4-5-7-18(15)22(28)25-17-10-8-16(9-11-17)24-14-19-20(26)12-23(2,3)13-21(19)27/h4-11,14,26H,12-13H2,1-3H3,(H,25,28). The zero-order chi connectivity index (χ0) is 20.3. The molecule has 0 saturated heterocycles. The number of aliphatic hydroxyl groups is 1. The highest BCUT2D eigenvalue weighted by Gasteiger charge is 2.32. The first-order valence-electron chi connectivity index (χ1n) is 9.22. The summed E-state index contributed by atoms with van der Waals surface area (Å²) in [6, 6.07) is 14.4. The molecule has 0 radical (unpaired) electrons. The van der Waals surface area contributed by atoms with Gasteiger partial charge < -0.3 is 10.4 Å². The van der Waals surface area contributed by atoms with Crippen LogP contribution in [0.5, 0.6) is 0 Å². The Balaban J connectivity index is 1.70. The van der Waals surface area contributed by atoms with Crippen molar-refractivity contribution in [1.82, 2.24) is 0 Å². The molecule has 2 N–H and O–H groups in total. The second-order valence-electron chi connectivity index (χ2n) is 7.88. The number of carbonyl (C=O) groups is 2. The largest absolute Gasteiger partial charge is 0.511 e. The van der Waals surface area contributed by atoms with Gasteiger partial charge in [-0.05, 0) is 48.2 Å². The Morgan fingerprint density at radius 1 is 1.11 bits per heavy atom. The molecule has 1 aliphatic rings. The summed E-state index contributed by atoms with van der Waals surface area (Å²) in [5.41, 5.74) is 2.88. The van der Waals surface area contributed by atoms with Crippen LogP contribution >= 0.6 is 0 Å². The number of hydrogen-bond donors (Lipinski definition) is 2. The highest BCUT2D eigenvalue weighted by Crippen LogP contribution is 2.35. The van der Waals surface area contributed by atoms with Gasteiger partial charge in [0.1, 0.15) is 5.76 Å². The molecule has 0 bridgehead atoms. The van der Waals surface area contributed by atoms with Gasteiger partial charge in [0, 0.05) is 30.3 Å². The number of allylic oxidation sites excluding steroid dienone is 2. The van der Waals surface area contributed by atoms with Gasteiger partial charge in [-0.25, -0.2) is 0 Å². The van der Waals surface area contributed by atoms with E-state index < -0.39 is 0 Å². The summed E-state index contributed by atoms with van der Waals surface area (Å²) in [7, 11) is 0. The fourth-order valence-electron chi connectivity index (χ4n) is 3.24. The van der Waals surface area contributed by atoms with Crippen LogP contribution in [0.15, 0.2) is 64.9 Å². The molecule has 0 heterocycles. The average Bonchev–Trinajstić information content (AvgIpc) is 2.61. The lowest BCUT2D eigenvalue weighted by Gasteiger charge is -2.28. The number of nitrogens with zero attached hydrogens (tertiary/aromatic N) is 1. The van der Waals surface area contributed by atoms with E-state index in [0.29, 0.717) is 29.8 Å². The normalized spacial score (nSPS) is 16.5. The van der Waals surface area contributed by atoms with Crippen LogP contribution in [-0.4, -0.2) is 23.0 Å². The van der Waals surface area contributed by atoms with E-state index in [-0.39, 0.29) is 28.4 Å². The van der Waals surface area contributed by atoms with E-state index in [2.05, 4.69) is 10.3 Å². The number of aliphatic imine (C=N–C) groups is 1. The fourth-order valence-corrected chi connectivity index (χ4v) is 3.24. The van der Waals surface area contributed by atoms with Crippen LogP contribution in [0.25, 0.3) is 0 Å². The summed E-state index contributed by atoms with van der Waals surface area (Å²) in [5, 5.41) is 13.0. The first kappa shape index (κ1) is 19.5. The Hall–Kier alpha value is -3.21. The van der Waals surface area contributed by atoms with Gasteiger partial charge in [0.05, 0.1) is 11.3 Å². The summed E-state index contributed by atoms with van der Waals surface area (Å²) in [4.78, 5) is 28.9. The molecule has 1 aliphatic carbocycles. The van der Waals surface area contributed by atoms with Gasteiger partial charge in [0.25, 0.3) is 5.91 Å². The van der Waals surface area contributed by atoms with E-state index in [0.717, 1.165) is 5.56 Å². The van der Waals surface area contributed by atoms with Crippen LogP contribution in [0.1, 0.15) is 42.6 Å². The fraction of sp³-hybridized carbons (Fsp3) is 0.261. The Bertz CT molecular complexity index is 970. The maximum absolute atomic E-state index is 12.4. The minimum Gasteiger partial charge on any atom is -0.511 e. The van der Waals surface area contributed by atoms with Crippen molar-refractivity contribution in [2.75, 3.05) is 5.32 Å². The molecule has 28 heavy (non-hydrogen) atoms. The van der Waals surface area contributed by atoms with E-state index in [1.54, 1.807) is 30.3 Å². The lowest BCUT2D eigenvalue weighted by molar-refractivity contribution is -0.117. The van der Waals surface area contributed by atoms with Gasteiger partial charge in [-0.1, -0.05) is 32.0 Å². The molecule has 0 aromatic heterocycles. The number of aryl methyl sites for hydroxylation is 1. The third kappa shape index (κ3) is 4.55. The predicted molar refractivity (Wildman–Crippen MR) is 111 cm³/mol. The number of benzene rings is 2. The molecule has 1 amide bonds. The predicted octanol–water partition coefficient (Wildman–Crippen LogP) is 5.15. The van der Waals surface area contributed by atoms with Crippen molar-refractivity contribution in [3.63, 3.8) is 0 Å². The van der Waals surface area contributed by atoms with E-state index in [9.17, 15) is 14.7 Å². The van der Waals surface area contributed by atoms with Crippen molar-refractivity contribution in [3.05, 3.63) is 71.0 Å². The van der Waals surface area contributed by atoms with Gasteiger partial charge in [0.2, 0.25) is 0 Å². The molecule has 2 aromatic rings. The van der Waals surface area contributed by atoms with Crippen LogP contribution < -0.4 is 5.32 Å². The number of amides is 1. The number of nitrogens with one attached hydrogen (secondary N) is 1. The first-order chi connectivity index (χ1) is 13.2. The van der Waals surface area contributed by atoms with E-state index in [4.69, 9.17) is 0 Å². The van der Waals surface area contributed by atoms with Crippen molar-refractivity contribution >= 4 is 29.3 Å². The average molecular weight is 376 g/mol. The monoisotopic (exact) mass is 376 g/mol. The third-order valence-electron chi connectivity index (χ3n) is 4.75. The van der Waals surface area contributed by atoms with Gasteiger partial charge >= 0.3 is 0 Å². The molecule has 144 valence electrons. The Morgan fingerprint density at radius 3 is 2.43 bits per heavy atom. The number of aliphatic hydroxyl groups excluding tert-OH is 1. The van der Waals surface area contributed by atoms with Crippen molar-refractivity contribution in [3.8, 4) is 0 Å². The molecule has 5 nitrogen and oxygen atoms in total. The molecular formula is C23H24N2O3. The summed E-state index contributed by atoms with van der Waals surface area (Å²) in [6.07, 6.45) is 2.28. The Kier molecular flexibility index (Phi) is 5.45. The van der Waals surface area contributed by atoms with Crippen LogP contribution in [0.2, 0.25) is 0 Å². The molecule has 0 aliphatic heterocycles. The highest BCUT2D eigenvalue weighted by molar-refractivity contribution is 6.15. The van der Waals surface area contributed by atoms with Crippen LogP contribution in [0, 0.1) is 12.3 Å². The third-order valence-corrected chi connectivity index (χ3v) is 4.75. The number of rotatable bonds is 4. The second kappa shape index (κ2) is 7.80. The summed E-state index contributed by atoms with van der Waals surface area (Å²) in [5.74, 6) is -0.174. The van der Waals surface area contributed by atoms with E-state index >= 15 is 0 Å². The highest BCUT2D eigenvalue weighted by atomic mass is 16.3. The van der Waals surface area contributed by atoms with Gasteiger partial charge in [-0.2, -0.15) is 0 Å². The Labute approximate surface area is 164 Å². The maximum Gasteiger partial charge on any atom is 0.255 e. The smallest absolute Gasteiger partial charge is 0.255 e. The zero-order valence-electron chi connectivity index (χ0n) is 16.3. The van der Waals surface area contributed by atoms with Crippen molar-refractivity contribution in [2.24, 2.45) is 10.4 Å².